The van der Waals surface area contributed by atoms with Crippen LogP contribution in [0.25, 0.3) is 0 Å². The van der Waals surface area contributed by atoms with Crippen LogP contribution < -0.4 is 0 Å². The van der Waals surface area contributed by atoms with Crippen molar-refractivity contribution in [2.45, 2.75) is 26.3 Å². The topological polar surface area (TPSA) is 217 Å². The van der Waals surface area contributed by atoms with E-state index in [9.17, 15) is 25.3 Å². The molecule has 1 atom stereocenters. The summed E-state index contributed by atoms with van der Waals surface area (Å²) in [7, 11) is -18.8. The summed E-state index contributed by atoms with van der Waals surface area (Å²) in [6.45, 7) is 0. The van der Waals surface area contributed by atoms with Gasteiger partial charge in [0.1, 0.15) is 0 Å². The van der Waals surface area contributed by atoms with Gasteiger partial charge in [-0.1, -0.05) is 0 Å². The zero-order valence-electron chi connectivity index (χ0n) is 13.2. The van der Waals surface area contributed by atoms with E-state index in [1.54, 1.807) is 0 Å². The monoisotopic (exact) mass is 460 g/mol. The van der Waals surface area contributed by atoms with Crippen LogP contribution in [0.5, 0.6) is 0 Å². The zero-order valence-corrected chi connectivity index (χ0v) is 17.8. The summed E-state index contributed by atoms with van der Waals surface area (Å²) >= 11 is -1.67. The molecule has 1 unspecified atom stereocenters. The van der Waals surface area contributed by atoms with Gasteiger partial charge in [0.25, 0.3) is 0 Å². The van der Waals surface area contributed by atoms with E-state index in [2.05, 4.69) is 0 Å². The summed E-state index contributed by atoms with van der Waals surface area (Å²) < 4.78 is 115. The van der Waals surface area contributed by atoms with Crippen molar-refractivity contribution in [3.63, 3.8) is 0 Å². The number of rotatable bonds is 3. The maximum absolute atomic E-state index is 11.3. The minimum Gasteiger partial charge on any atom is -1.00 e. The molecule has 1 aliphatic rings. The van der Waals surface area contributed by atoms with Crippen LogP contribution in [-0.2, 0) is 49.8 Å². The quantitative estimate of drug-likeness (QED) is 0.159. The van der Waals surface area contributed by atoms with Gasteiger partial charge in [-0.15, -0.1) is 0 Å². The SMILES string of the molecule is O=S(=O)(O)C1CC[CH2][Al+][C]1(S(=O)(=O)O)S(=O)(=O)O.O=[S-](=O)O.[Ca+2].[H-].[H-]. The van der Waals surface area contributed by atoms with E-state index in [0.29, 0.717) is 0 Å². The van der Waals surface area contributed by atoms with Gasteiger partial charge in [0.05, 0.1) is 0 Å². The van der Waals surface area contributed by atoms with Crippen LogP contribution >= 0.6 is 0 Å². The summed E-state index contributed by atoms with van der Waals surface area (Å²) in [4.78, 5) is 0. The summed E-state index contributed by atoms with van der Waals surface area (Å²) in [5.74, 6) is 0. The molecule has 1 saturated heterocycles. The molecule has 0 radical (unpaired) electrons. The molecule has 1 aliphatic heterocycles. The molecule has 0 saturated carbocycles. The van der Waals surface area contributed by atoms with Gasteiger partial charge in [-0.25, -0.2) is 0 Å². The van der Waals surface area contributed by atoms with E-state index >= 15 is 0 Å². The fourth-order valence-corrected chi connectivity index (χ4v) is 10.7. The van der Waals surface area contributed by atoms with Crippen molar-refractivity contribution < 1.29 is 54.7 Å². The molecule has 0 aromatic rings. The van der Waals surface area contributed by atoms with Gasteiger partial charge in [-0.05, 0) is 0 Å². The van der Waals surface area contributed by atoms with Gasteiger partial charge >= 0.3 is 149 Å². The van der Waals surface area contributed by atoms with E-state index < -0.39 is 71.2 Å². The maximum atomic E-state index is 11.3. The average molecular weight is 460 g/mol. The fraction of sp³-hybridized carbons (Fsp3) is 1.00. The van der Waals surface area contributed by atoms with Crippen molar-refractivity contribution >= 4 is 94.3 Å². The van der Waals surface area contributed by atoms with Crippen molar-refractivity contribution in [1.82, 2.24) is 0 Å². The first-order chi connectivity index (χ1) is 9.57. The molecule has 1 heterocycles. The van der Waals surface area contributed by atoms with Crippen LogP contribution in [-0.4, -0.2) is 105 Å². The Bertz CT molecular complexity index is 749. The smallest absolute Gasteiger partial charge is 1.00 e. The molecular formula is C5H13AlCaO12S4. The summed E-state index contributed by atoms with van der Waals surface area (Å²) in [6, 6.07) is 0. The Kier molecular flexibility index (Phi) is 10.9. The molecule has 0 bridgehead atoms. The van der Waals surface area contributed by atoms with Crippen LogP contribution in [0.2, 0.25) is 5.28 Å². The summed E-state index contributed by atoms with van der Waals surface area (Å²) in [6.07, 6.45) is -0.308. The molecule has 0 aliphatic carbocycles. The third kappa shape index (κ3) is 6.92. The van der Waals surface area contributed by atoms with Crippen LogP contribution in [0, 0.1) is 0 Å². The Morgan fingerprint density at radius 2 is 1.35 bits per heavy atom. The molecule has 18 heteroatoms. The molecule has 1 fully saturated rings. The minimum atomic E-state index is -5.42. The van der Waals surface area contributed by atoms with E-state index in [4.69, 9.17) is 26.6 Å². The molecule has 0 aromatic carbocycles. The third-order valence-corrected chi connectivity index (χ3v) is 12.5. The van der Waals surface area contributed by atoms with Crippen LogP contribution in [0.4, 0.5) is 0 Å². The summed E-state index contributed by atoms with van der Waals surface area (Å²) in [5.41, 5.74) is 0. The van der Waals surface area contributed by atoms with Crippen molar-refractivity contribution in [3.8, 4) is 0 Å². The molecule has 12 nitrogen and oxygen atoms in total. The molecule has 0 amide bonds. The molecule has 1 rings (SSSR count). The first-order valence-corrected chi connectivity index (χ1v) is 11.9. The minimum absolute atomic E-state index is 0. The van der Waals surface area contributed by atoms with Crippen LogP contribution in [0.3, 0.4) is 0 Å². The number of hydrogen-bond acceptors (Lipinski definition) is 9. The summed E-state index contributed by atoms with van der Waals surface area (Å²) in [5, 5.41) is -2.23. The Morgan fingerprint density at radius 3 is 1.57 bits per heavy atom. The number of hydrogen-bond donors (Lipinski definition) is 4. The van der Waals surface area contributed by atoms with E-state index in [0.717, 1.165) is 0 Å². The predicted octanol–water partition coefficient (Wildman–Crippen LogP) is -1.80. The third-order valence-electron chi connectivity index (χ3n) is 2.71. The van der Waals surface area contributed by atoms with Gasteiger partial charge in [0.2, 0.25) is 0 Å². The second-order valence-corrected chi connectivity index (χ2v) is 12.3. The van der Waals surface area contributed by atoms with Gasteiger partial charge in [0, 0.05) is 11.0 Å². The van der Waals surface area contributed by atoms with Gasteiger partial charge < -0.3 is 15.8 Å². The predicted molar refractivity (Wildman–Crippen MR) is 80.3 cm³/mol. The molecule has 0 spiro atoms. The van der Waals surface area contributed by atoms with E-state index in [1.165, 1.54) is 0 Å². The fourth-order valence-electron chi connectivity index (χ4n) is 1.97. The van der Waals surface area contributed by atoms with Crippen LogP contribution in [0.15, 0.2) is 0 Å². The second kappa shape index (κ2) is 9.39. The Hall–Kier alpha value is 1.43. The van der Waals surface area contributed by atoms with Gasteiger partial charge in [-0.3, -0.25) is 0 Å². The normalized spacial score (nSPS) is 21.0. The Labute approximate surface area is 173 Å². The molecule has 23 heavy (non-hydrogen) atoms. The largest absolute Gasteiger partial charge is 2.00 e. The second-order valence-electron chi connectivity index (χ2n) is 4.03. The van der Waals surface area contributed by atoms with Gasteiger partial charge in [0.15, 0.2) is 0 Å². The van der Waals surface area contributed by atoms with Gasteiger partial charge in [-0.2, -0.15) is 0 Å². The Morgan fingerprint density at radius 1 is 1.00 bits per heavy atom. The maximum Gasteiger partial charge on any atom is 2.00 e. The molecular weight excluding hydrogens is 447 g/mol. The molecule has 134 valence electrons. The average Bonchev–Trinajstić information content (AvgIpc) is 2.23. The first kappa shape index (κ1) is 26.7. The molecule has 0 aromatic heterocycles. The van der Waals surface area contributed by atoms with E-state index in [1.807, 2.05) is 0 Å². The van der Waals surface area contributed by atoms with Crippen molar-refractivity contribution in [2.75, 3.05) is 0 Å². The van der Waals surface area contributed by atoms with Crippen LogP contribution in [0.1, 0.15) is 15.7 Å². The van der Waals surface area contributed by atoms with Crippen molar-refractivity contribution in [2.24, 2.45) is 0 Å². The Balaban J connectivity index is -0.000000285. The van der Waals surface area contributed by atoms with E-state index in [-0.39, 0.29) is 52.3 Å². The van der Waals surface area contributed by atoms with Crippen molar-refractivity contribution in [3.05, 3.63) is 0 Å². The zero-order chi connectivity index (χ0) is 18.0. The standard InChI is InChI=1S/C5H10O9S3.Al.Ca.HO3S.2H/c1-2-3-4(15(6,7)8)5(16(9,10)11)17(12,13)14;;;1-4(2)3;;/h4H,1-3H2,(H,6,7,8)(H,9,10,11)(H,12,13,14);;;(H,1,2,3);;/q;+1;+2;3*-1. The first-order valence-electron chi connectivity index (χ1n) is 5.10. The van der Waals surface area contributed by atoms with Crippen molar-refractivity contribution in [1.29, 1.82) is 0 Å². The molecule has 4 N–H and O–H groups in total.